The van der Waals surface area contributed by atoms with Gasteiger partial charge in [0.15, 0.2) is 0 Å². The number of carboxylic acids is 1. The van der Waals surface area contributed by atoms with E-state index in [1.807, 2.05) is 0 Å². The van der Waals surface area contributed by atoms with E-state index < -0.39 is 22.2 Å². The number of nitrogens with zero attached hydrogens (tertiary/aromatic N) is 1. The van der Waals surface area contributed by atoms with Crippen LogP contribution in [0, 0.1) is 15.5 Å². The molecule has 7 nitrogen and oxygen atoms in total. The number of hydrogen-bond donors (Lipinski definition) is 2. The van der Waals surface area contributed by atoms with E-state index >= 15 is 0 Å². The summed E-state index contributed by atoms with van der Waals surface area (Å²) in [6, 6.07) is 4.16. The molecule has 1 aromatic rings. The Morgan fingerprint density at radius 3 is 2.52 bits per heavy atom. The molecule has 0 atom stereocenters. The number of hydrogen-bond acceptors (Lipinski definition) is 5. The summed E-state index contributed by atoms with van der Waals surface area (Å²) in [7, 11) is 0. The Balaban J connectivity index is 2.91. The molecule has 0 fully saturated rings. The first-order valence-electron chi connectivity index (χ1n) is 6.03. The first kappa shape index (κ1) is 17.0. The number of carboxylic acid groups (broad SMARTS) is 1. The predicted molar refractivity (Wildman–Crippen MR) is 78.6 cm³/mol. The summed E-state index contributed by atoms with van der Waals surface area (Å²) in [5, 5.41) is 22.4. The lowest BCUT2D eigenvalue weighted by Crippen LogP contribution is -2.38. The number of nitro groups is 1. The molecule has 0 saturated heterocycles. The summed E-state index contributed by atoms with van der Waals surface area (Å²) in [4.78, 5) is 33.8. The molecule has 8 heteroatoms. The Hall–Kier alpha value is -2.09. The number of thioether (sulfide) groups is 1. The molecule has 21 heavy (non-hydrogen) atoms. The maximum absolute atomic E-state index is 12.0. The van der Waals surface area contributed by atoms with Gasteiger partial charge >= 0.3 is 5.97 Å². The molecule has 0 saturated carbocycles. The third kappa shape index (κ3) is 4.19. The van der Waals surface area contributed by atoms with Crippen LogP contribution in [0.3, 0.4) is 0 Å². The first-order valence-corrected chi connectivity index (χ1v) is 7.25. The standard InChI is InChI=1S/C13H16N2O5S/c1-13(2,12(17)18)7-14-11(16)8-4-5-10(21-3)9(6-8)15(19)20/h4-6H,7H2,1-3H3,(H,14,16)(H,17,18). The number of carbonyl (C=O) groups is 2. The number of nitro benzene ring substituents is 1. The normalized spacial score (nSPS) is 11.0. The molecule has 1 aromatic carbocycles. The Morgan fingerprint density at radius 1 is 1.43 bits per heavy atom. The lowest BCUT2D eigenvalue weighted by Gasteiger charge is -2.19. The Kier molecular flexibility index (Phi) is 5.31. The average molecular weight is 312 g/mol. The van der Waals surface area contributed by atoms with Crippen molar-refractivity contribution in [3.05, 3.63) is 33.9 Å². The highest BCUT2D eigenvalue weighted by atomic mass is 32.2. The molecule has 0 heterocycles. The maximum Gasteiger partial charge on any atom is 0.310 e. The van der Waals surface area contributed by atoms with Crippen LogP contribution in [-0.2, 0) is 4.79 Å². The number of nitrogens with one attached hydrogen (secondary N) is 1. The second kappa shape index (κ2) is 6.57. The third-order valence-electron chi connectivity index (χ3n) is 2.91. The molecule has 0 radical (unpaired) electrons. The smallest absolute Gasteiger partial charge is 0.310 e. The molecule has 2 N–H and O–H groups in total. The Labute approximate surface area is 125 Å². The first-order chi connectivity index (χ1) is 9.69. The molecular weight excluding hydrogens is 296 g/mol. The fourth-order valence-corrected chi connectivity index (χ4v) is 2.00. The molecule has 114 valence electrons. The molecule has 0 aliphatic heterocycles. The topological polar surface area (TPSA) is 110 Å². The zero-order chi connectivity index (χ0) is 16.2. The van der Waals surface area contributed by atoms with Crippen molar-refractivity contribution in [3.63, 3.8) is 0 Å². The molecule has 0 spiro atoms. The van der Waals surface area contributed by atoms with Crippen molar-refractivity contribution in [1.29, 1.82) is 0 Å². The molecule has 0 aliphatic carbocycles. The van der Waals surface area contributed by atoms with Gasteiger partial charge in [0.2, 0.25) is 0 Å². The van der Waals surface area contributed by atoms with Crippen LogP contribution in [0.25, 0.3) is 0 Å². The van der Waals surface area contributed by atoms with Crippen molar-refractivity contribution in [2.75, 3.05) is 12.8 Å². The van der Waals surface area contributed by atoms with E-state index in [2.05, 4.69) is 5.32 Å². The number of carbonyl (C=O) groups excluding carboxylic acids is 1. The van der Waals surface area contributed by atoms with Crippen molar-refractivity contribution < 1.29 is 19.6 Å². The van der Waals surface area contributed by atoms with E-state index in [9.17, 15) is 19.7 Å². The van der Waals surface area contributed by atoms with Gasteiger partial charge in [0.25, 0.3) is 11.6 Å². The fraction of sp³-hybridized carbons (Fsp3) is 0.385. The minimum absolute atomic E-state index is 0.0702. The number of aliphatic carboxylic acids is 1. The Bertz CT molecular complexity index is 586. The highest BCUT2D eigenvalue weighted by Crippen LogP contribution is 2.28. The lowest BCUT2D eigenvalue weighted by atomic mass is 9.94. The number of rotatable bonds is 6. The summed E-state index contributed by atoms with van der Waals surface area (Å²) in [6.45, 7) is 2.89. The van der Waals surface area contributed by atoms with Gasteiger partial charge in [-0.05, 0) is 32.2 Å². The number of benzene rings is 1. The van der Waals surface area contributed by atoms with E-state index in [0.29, 0.717) is 4.90 Å². The van der Waals surface area contributed by atoms with Gasteiger partial charge in [0.05, 0.1) is 15.2 Å². The summed E-state index contributed by atoms with van der Waals surface area (Å²) in [5.41, 5.74) is -1.13. The SMILES string of the molecule is CSc1ccc(C(=O)NCC(C)(C)C(=O)O)cc1[N+](=O)[O-]. The molecule has 0 bridgehead atoms. The van der Waals surface area contributed by atoms with Gasteiger partial charge in [-0.25, -0.2) is 0 Å². The van der Waals surface area contributed by atoms with Crippen molar-refractivity contribution in [2.24, 2.45) is 5.41 Å². The van der Waals surface area contributed by atoms with Crippen molar-refractivity contribution in [2.45, 2.75) is 18.7 Å². The summed E-state index contributed by atoms with van der Waals surface area (Å²) >= 11 is 1.21. The van der Waals surface area contributed by atoms with Crippen molar-refractivity contribution in [3.8, 4) is 0 Å². The highest BCUT2D eigenvalue weighted by Gasteiger charge is 2.28. The molecule has 0 aliphatic rings. The van der Waals surface area contributed by atoms with Crippen LogP contribution in [0.2, 0.25) is 0 Å². The van der Waals surface area contributed by atoms with E-state index in [1.165, 1.54) is 43.8 Å². The monoisotopic (exact) mass is 312 g/mol. The van der Waals surface area contributed by atoms with Gasteiger partial charge in [0, 0.05) is 18.2 Å². The number of amides is 1. The van der Waals surface area contributed by atoms with E-state index in [4.69, 9.17) is 5.11 Å². The molecule has 0 aromatic heterocycles. The third-order valence-corrected chi connectivity index (χ3v) is 3.69. The molecule has 0 unspecified atom stereocenters. The summed E-state index contributed by atoms with van der Waals surface area (Å²) in [6.07, 6.45) is 1.71. The van der Waals surface area contributed by atoms with Crippen LogP contribution >= 0.6 is 11.8 Å². The minimum atomic E-state index is -1.11. The molecular formula is C13H16N2O5S. The van der Waals surface area contributed by atoms with Gasteiger partial charge < -0.3 is 10.4 Å². The quantitative estimate of drug-likeness (QED) is 0.473. The summed E-state index contributed by atoms with van der Waals surface area (Å²) in [5.74, 6) is -1.58. The maximum atomic E-state index is 12.0. The van der Waals surface area contributed by atoms with Crippen molar-refractivity contribution >= 4 is 29.3 Å². The van der Waals surface area contributed by atoms with Gasteiger partial charge in [-0.1, -0.05) is 0 Å². The summed E-state index contributed by atoms with van der Waals surface area (Å²) < 4.78 is 0. The van der Waals surface area contributed by atoms with Gasteiger partial charge in [-0.3, -0.25) is 19.7 Å². The van der Waals surface area contributed by atoms with E-state index in [0.717, 1.165) is 0 Å². The lowest BCUT2D eigenvalue weighted by molar-refractivity contribution is -0.387. The second-order valence-corrected chi connectivity index (χ2v) is 5.86. The highest BCUT2D eigenvalue weighted by molar-refractivity contribution is 7.98. The second-order valence-electron chi connectivity index (χ2n) is 5.02. The zero-order valence-electron chi connectivity index (χ0n) is 11.9. The van der Waals surface area contributed by atoms with Gasteiger partial charge in [-0.2, -0.15) is 0 Å². The fourth-order valence-electron chi connectivity index (χ4n) is 1.45. The molecule has 1 amide bonds. The van der Waals surface area contributed by atoms with Gasteiger partial charge in [-0.15, -0.1) is 11.8 Å². The van der Waals surface area contributed by atoms with Crippen LogP contribution in [0.1, 0.15) is 24.2 Å². The molecule has 1 rings (SSSR count). The van der Waals surface area contributed by atoms with E-state index in [-0.39, 0.29) is 17.8 Å². The largest absolute Gasteiger partial charge is 0.481 e. The van der Waals surface area contributed by atoms with Crippen LogP contribution < -0.4 is 5.32 Å². The van der Waals surface area contributed by atoms with Crippen LogP contribution in [0.5, 0.6) is 0 Å². The average Bonchev–Trinajstić information content (AvgIpc) is 2.43. The van der Waals surface area contributed by atoms with Crippen LogP contribution in [0.4, 0.5) is 5.69 Å². The van der Waals surface area contributed by atoms with Gasteiger partial charge in [0.1, 0.15) is 0 Å². The van der Waals surface area contributed by atoms with Crippen LogP contribution in [-0.4, -0.2) is 34.7 Å². The van der Waals surface area contributed by atoms with E-state index in [1.54, 1.807) is 6.26 Å². The van der Waals surface area contributed by atoms with Crippen molar-refractivity contribution in [1.82, 2.24) is 5.32 Å². The predicted octanol–water partition coefficient (Wildman–Crippen LogP) is 2.16. The zero-order valence-corrected chi connectivity index (χ0v) is 12.7. The minimum Gasteiger partial charge on any atom is -0.481 e. The Morgan fingerprint density at radius 2 is 2.05 bits per heavy atom. The van der Waals surface area contributed by atoms with Crippen LogP contribution in [0.15, 0.2) is 23.1 Å².